The SMILES string of the molecule is Cc1nc(-c2cc(C#N)cnc2C)cs1. The van der Waals surface area contributed by atoms with Crippen molar-refractivity contribution in [2.75, 3.05) is 0 Å². The predicted octanol–water partition coefficient (Wildman–Crippen LogP) is 2.69. The Labute approximate surface area is 92.1 Å². The fourth-order valence-electron chi connectivity index (χ4n) is 1.34. The highest BCUT2D eigenvalue weighted by atomic mass is 32.1. The summed E-state index contributed by atoms with van der Waals surface area (Å²) in [5.41, 5.74) is 3.32. The highest BCUT2D eigenvalue weighted by molar-refractivity contribution is 7.09. The van der Waals surface area contributed by atoms with Crippen LogP contribution in [0.2, 0.25) is 0 Å². The lowest BCUT2D eigenvalue weighted by Crippen LogP contribution is -1.89. The second kappa shape index (κ2) is 3.79. The number of aromatic nitrogens is 2. The van der Waals surface area contributed by atoms with Crippen molar-refractivity contribution in [3.8, 4) is 17.3 Å². The fraction of sp³-hybridized carbons (Fsp3) is 0.182. The normalized spacial score (nSPS) is 9.93. The van der Waals surface area contributed by atoms with Crippen LogP contribution in [0.3, 0.4) is 0 Å². The largest absolute Gasteiger partial charge is 0.260 e. The van der Waals surface area contributed by atoms with Crippen LogP contribution in [0, 0.1) is 25.2 Å². The number of nitrogens with zero attached hydrogens (tertiary/aromatic N) is 3. The Hall–Kier alpha value is -1.73. The summed E-state index contributed by atoms with van der Waals surface area (Å²) in [5, 5.41) is 11.8. The van der Waals surface area contributed by atoms with Gasteiger partial charge in [-0.3, -0.25) is 4.98 Å². The average Bonchev–Trinajstić information content (AvgIpc) is 2.65. The van der Waals surface area contributed by atoms with Crippen LogP contribution in [0.15, 0.2) is 17.6 Å². The predicted molar refractivity (Wildman–Crippen MR) is 59.5 cm³/mol. The molecule has 3 nitrogen and oxygen atoms in total. The molecule has 0 radical (unpaired) electrons. The highest BCUT2D eigenvalue weighted by Gasteiger charge is 2.07. The maximum absolute atomic E-state index is 8.80. The lowest BCUT2D eigenvalue weighted by Gasteiger charge is -2.01. The molecule has 15 heavy (non-hydrogen) atoms. The molecule has 2 heterocycles. The summed E-state index contributed by atoms with van der Waals surface area (Å²) in [7, 11) is 0. The quantitative estimate of drug-likeness (QED) is 0.734. The smallest absolute Gasteiger partial charge is 0.101 e. The van der Waals surface area contributed by atoms with Crippen LogP contribution in [-0.4, -0.2) is 9.97 Å². The van der Waals surface area contributed by atoms with E-state index in [9.17, 15) is 0 Å². The average molecular weight is 215 g/mol. The van der Waals surface area contributed by atoms with Crippen LogP contribution in [0.5, 0.6) is 0 Å². The lowest BCUT2D eigenvalue weighted by atomic mass is 10.1. The summed E-state index contributed by atoms with van der Waals surface area (Å²) in [6.45, 7) is 3.89. The Morgan fingerprint density at radius 3 is 2.80 bits per heavy atom. The van der Waals surface area contributed by atoms with Gasteiger partial charge in [0.05, 0.1) is 16.3 Å². The van der Waals surface area contributed by atoms with Gasteiger partial charge in [-0.15, -0.1) is 11.3 Å². The van der Waals surface area contributed by atoms with Gasteiger partial charge >= 0.3 is 0 Å². The van der Waals surface area contributed by atoms with Crippen LogP contribution in [0.1, 0.15) is 16.3 Å². The van der Waals surface area contributed by atoms with Gasteiger partial charge in [-0.05, 0) is 19.9 Å². The molecule has 0 aliphatic heterocycles. The first-order chi connectivity index (χ1) is 7.20. The summed E-state index contributed by atoms with van der Waals surface area (Å²) in [5.74, 6) is 0. The molecule has 2 aromatic rings. The van der Waals surface area contributed by atoms with Gasteiger partial charge in [0.15, 0.2) is 0 Å². The molecule has 0 saturated carbocycles. The van der Waals surface area contributed by atoms with E-state index in [2.05, 4.69) is 16.0 Å². The van der Waals surface area contributed by atoms with Gasteiger partial charge in [-0.1, -0.05) is 0 Å². The molecule has 0 atom stereocenters. The van der Waals surface area contributed by atoms with E-state index in [0.717, 1.165) is 22.0 Å². The maximum Gasteiger partial charge on any atom is 0.101 e. The first-order valence-electron chi connectivity index (χ1n) is 4.50. The molecule has 0 amide bonds. The zero-order valence-corrected chi connectivity index (χ0v) is 9.30. The van der Waals surface area contributed by atoms with E-state index in [4.69, 9.17) is 5.26 Å². The number of rotatable bonds is 1. The molecule has 0 unspecified atom stereocenters. The number of pyridine rings is 1. The van der Waals surface area contributed by atoms with Gasteiger partial charge in [0.25, 0.3) is 0 Å². The Kier molecular flexibility index (Phi) is 2.48. The van der Waals surface area contributed by atoms with E-state index in [1.165, 1.54) is 0 Å². The summed E-state index contributed by atoms with van der Waals surface area (Å²) >= 11 is 1.60. The van der Waals surface area contributed by atoms with Gasteiger partial charge in [0.2, 0.25) is 0 Å². The minimum absolute atomic E-state index is 0.571. The van der Waals surface area contributed by atoms with Crippen molar-refractivity contribution in [2.45, 2.75) is 13.8 Å². The van der Waals surface area contributed by atoms with Crippen molar-refractivity contribution in [3.63, 3.8) is 0 Å². The van der Waals surface area contributed by atoms with Crippen molar-refractivity contribution in [3.05, 3.63) is 33.9 Å². The molecule has 0 N–H and O–H groups in total. The monoisotopic (exact) mass is 215 g/mol. The van der Waals surface area contributed by atoms with E-state index >= 15 is 0 Å². The zero-order valence-electron chi connectivity index (χ0n) is 8.48. The highest BCUT2D eigenvalue weighted by Crippen LogP contribution is 2.24. The van der Waals surface area contributed by atoms with E-state index in [-0.39, 0.29) is 0 Å². The Bertz CT molecular complexity index is 537. The molecular weight excluding hydrogens is 206 g/mol. The van der Waals surface area contributed by atoms with Gasteiger partial charge in [-0.2, -0.15) is 5.26 Å². The molecule has 0 saturated heterocycles. The van der Waals surface area contributed by atoms with Crippen LogP contribution in [0.4, 0.5) is 0 Å². The maximum atomic E-state index is 8.80. The number of nitriles is 1. The van der Waals surface area contributed by atoms with Gasteiger partial charge in [-0.25, -0.2) is 4.98 Å². The Morgan fingerprint density at radius 2 is 2.20 bits per heavy atom. The molecule has 0 fully saturated rings. The first kappa shape index (κ1) is 9.81. The Balaban J connectivity index is 2.57. The number of hydrogen-bond acceptors (Lipinski definition) is 4. The molecule has 0 aliphatic carbocycles. The molecular formula is C11H9N3S. The third-order valence-corrected chi connectivity index (χ3v) is 2.88. The van der Waals surface area contributed by atoms with Crippen molar-refractivity contribution in [1.82, 2.24) is 9.97 Å². The summed E-state index contributed by atoms with van der Waals surface area (Å²) < 4.78 is 0. The second-order valence-corrected chi connectivity index (χ2v) is 4.28. The lowest BCUT2D eigenvalue weighted by molar-refractivity contribution is 1.18. The molecule has 2 rings (SSSR count). The fourth-order valence-corrected chi connectivity index (χ4v) is 1.95. The van der Waals surface area contributed by atoms with Crippen molar-refractivity contribution >= 4 is 11.3 Å². The van der Waals surface area contributed by atoms with Gasteiger partial charge in [0, 0.05) is 22.8 Å². The van der Waals surface area contributed by atoms with Crippen molar-refractivity contribution in [2.24, 2.45) is 0 Å². The van der Waals surface area contributed by atoms with Crippen molar-refractivity contribution in [1.29, 1.82) is 5.26 Å². The molecule has 0 aromatic carbocycles. The first-order valence-corrected chi connectivity index (χ1v) is 5.38. The molecule has 0 aliphatic rings. The number of hydrogen-bond donors (Lipinski definition) is 0. The minimum atomic E-state index is 0.571. The molecule has 74 valence electrons. The standard InChI is InChI=1S/C11H9N3S/c1-7-10(3-9(4-12)5-13-7)11-6-15-8(2)14-11/h3,5-6H,1-2H3. The van der Waals surface area contributed by atoms with Crippen molar-refractivity contribution < 1.29 is 0 Å². The third-order valence-electron chi connectivity index (χ3n) is 2.11. The van der Waals surface area contributed by atoms with E-state index in [1.807, 2.05) is 25.3 Å². The number of aryl methyl sites for hydroxylation is 2. The molecule has 4 heteroatoms. The second-order valence-electron chi connectivity index (χ2n) is 3.22. The minimum Gasteiger partial charge on any atom is -0.260 e. The molecule has 0 spiro atoms. The Morgan fingerprint density at radius 1 is 1.40 bits per heavy atom. The van der Waals surface area contributed by atoms with Crippen LogP contribution in [-0.2, 0) is 0 Å². The van der Waals surface area contributed by atoms with Crippen LogP contribution < -0.4 is 0 Å². The van der Waals surface area contributed by atoms with Gasteiger partial charge in [0.1, 0.15) is 6.07 Å². The zero-order chi connectivity index (χ0) is 10.8. The third kappa shape index (κ3) is 1.88. The number of thiazole rings is 1. The van der Waals surface area contributed by atoms with Crippen LogP contribution >= 0.6 is 11.3 Å². The molecule has 2 aromatic heterocycles. The van der Waals surface area contributed by atoms with Gasteiger partial charge < -0.3 is 0 Å². The summed E-state index contributed by atoms with van der Waals surface area (Å²) in [6.07, 6.45) is 1.58. The topological polar surface area (TPSA) is 49.6 Å². The van der Waals surface area contributed by atoms with E-state index in [1.54, 1.807) is 17.5 Å². The van der Waals surface area contributed by atoms with E-state index in [0.29, 0.717) is 5.56 Å². The summed E-state index contributed by atoms with van der Waals surface area (Å²) in [6, 6.07) is 3.91. The molecule has 0 bridgehead atoms. The summed E-state index contributed by atoms with van der Waals surface area (Å²) in [4.78, 5) is 8.56. The van der Waals surface area contributed by atoms with E-state index < -0.39 is 0 Å². The van der Waals surface area contributed by atoms with Crippen LogP contribution in [0.25, 0.3) is 11.3 Å².